The smallest absolute Gasteiger partial charge is 0.119 e. The molecule has 0 saturated heterocycles. The van der Waals surface area contributed by atoms with E-state index < -0.39 is 0 Å². The molecule has 19 heavy (non-hydrogen) atoms. The minimum absolute atomic E-state index is 0.870. The zero-order chi connectivity index (χ0) is 13.2. The Bertz CT molecular complexity index is 734. The van der Waals surface area contributed by atoms with Crippen LogP contribution in [0.15, 0.2) is 54.6 Å². The van der Waals surface area contributed by atoms with Crippen LogP contribution in [-0.2, 0) is 0 Å². The molecule has 0 amide bonds. The number of benzene rings is 2. The molecule has 0 fully saturated rings. The minimum Gasteiger partial charge on any atom is -0.497 e. The Hall–Kier alpha value is -2.35. The summed E-state index contributed by atoms with van der Waals surface area (Å²) in [5.74, 6) is 0.870. The highest BCUT2D eigenvalue weighted by atomic mass is 16.5. The van der Waals surface area contributed by atoms with Crippen molar-refractivity contribution in [3.8, 4) is 16.9 Å². The Morgan fingerprint density at radius 1 is 0.895 bits per heavy atom. The fourth-order valence-corrected chi connectivity index (χ4v) is 2.20. The summed E-state index contributed by atoms with van der Waals surface area (Å²) in [5.41, 5.74) is 4.37. The van der Waals surface area contributed by atoms with Gasteiger partial charge in [-0.25, -0.2) is 0 Å². The first kappa shape index (κ1) is 11.7. The molecule has 2 aromatic carbocycles. The number of fused-ring (bicyclic) bond motifs is 1. The highest BCUT2D eigenvalue weighted by Crippen LogP contribution is 2.26. The summed E-state index contributed by atoms with van der Waals surface area (Å²) < 4.78 is 5.27. The predicted octanol–water partition coefficient (Wildman–Crippen LogP) is 4.22. The topological polar surface area (TPSA) is 22.1 Å². The van der Waals surface area contributed by atoms with Crippen LogP contribution < -0.4 is 4.74 Å². The fraction of sp³-hybridized carbons (Fsp3) is 0.118. The molecule has 0 bridgehead atoms. The van der Waals surface area contributed by atoms with E-state index in [9.17, 15) is 0 Å². The Labute approximate surface area is 112 Å². The number of hydrogen-bond acceptors (Lipinski definition) is 2. The van der Waals surface area contributed by atoms with Crippen molar-refractivity contribution in [1.82, 2.24) is 4.98 Å². The molecule has 0 aliphatic carbocycles. The minimum atomic E-state index is 0.870. The van der Waals surface area contributed by atoms with Crippen molar-refractivity contribution >= 4 is 10.9 Å². The Kier molecular flexibility index (Phi) is 2.92. The molecule has 2 heteroatoms. The monoisotopic (exact) mass is 249 g/mol. The summed E-state index contributed by atoms with van der Waals surface area (Å²) in [6.07, 6.45) is 0. The van der Waals surface area contributed by atoms with Gasteiger partial charge in [0.2, 0.25) is 0 Å². The molecule has 0 unspecified atom stereocenters. The largest absolute Gasteiger partial charge is 0.497 e. The fourth-order valence-electron chi connectivity index (χ4n) is 2.20. The van der Waals surface area contributed by atoms with Crippen LogP contribution in [0, 0.1) is 6.92 Å². The molecule has 0 saturated carbocycles. The van der Waals surface area contributed by atoms with Crippen LogP contribution in [0.4, 0.5) is 0 Å². The van der Waals surface area contributed by atoms with Gasteiger partial charge in [-0.3, -0.25) is 4.98 Å². The third-order valence-electron chi connectivity index (χ3n) is 3.23. The molecule has 0 aliphatic heterocycles. The first-order valence-corrected chi connectivity index (χ1v) is 6.28. The van der Waals surface area contributed by atoms with Gasteiger partial charge in [-0.15, -0.1) is 0 Å². The molecule has 2 nitrogen and oxygen atoms in total. The van der Waals surface area contributed by atoms with Gasteiger partial charge >= 0.3 is 0 Å². The van der Waals surface area contributed by atoms with E-state index in [4.69, 9.17) is 4.74 Å². The van der Waals surface area contributed by atoms with E-state index in [2.05, 4.69) is 35.3 Å². The molecule has 94 valence electrons. The Balaban J connectivity index is 2.13. The Morgan fingerprint density at radius 3 is 2.53 bits per heavy atom. The van der Waals surface area contributed by atoms with Gasteiger partial charge in [0.25, 0.3) is 0 Å². The number of aryl methyl sites for hydroxylation is 1. The molecule has 0 N–H and O–H groups in total. The van der Waals surface area contributed by atoms with Gasteiger partial charge in [0.15, 0.2) is 0 Å². The van der Waals surface area contributed by atoms with Crippen LogP contribution in [0.2, 0.25) is 0 Å². The first-order chi connectivity index (χ1) is 9.26. The molecule has 0 radical (unpaired) electrons. The van der Waals surface area contributed by atoms with Crippen LogP contribution in [0.25, 0.3) is 22.0 Å². The van der Waals surface area contributed by atoms with Crippen molar-refractivity contribution in [2.45, 2.75) is 6.92 Å². The standard InChI is InChI=1S/C17H15NO/c1-12-6-7-13-8-9-15(11-17(13)18-12)14-4-3-5-16(10-14)19-2/h3-11H,1-2H3. The zero-order valence-electron chi connectivity index (χ0n) is 11.1. The second-order valence-corrected chi connectivity index (χ2v) is 4.59. The van der Waals surface area contributed by atoms with E-state index in [1.807, 2.05) is 31.2 Å². The maximum atomic E-state index is 5.27. The summed E-state index contributed by atoms with van der Waals surface area (Å²) in [4.78, 5) is 4.57. The average Bonchev–Trinajstić information content (AvgIpc) is 2.46. The molecular formula is C17H15NO. The number of pyridine rings is 1. The summed E-state index contributed by atoms with van der Waals surface area (Å²) in [7, 11) is 1.68. The quantitative estimate of drug-likeness (QED) is 0.678. The van der Waals surface area contributed by atoms with Crippen molar-refractivity contribution in [3.05, 3.63) is 60.3 Å². The lowest BCUT2D eigenvalue weighted by Gasteiger charge is -2.06. The summed E-state index contributed by atoms with van der Waals surface area (Å²) >= 11 is 0. The summed E-state index contributed by atoms with van der Waals surface area (Å²) in [5, 5.41) is 1.16. The molecular weight excluding hydrogens is 234 g/mol. The normalized spacial score (nSPS) is 10.6. The summed E-state index contributed by atoms with van der Waals surface area (Å²) in [6.45, 7) is 2.01. The third kappa shape index (κ3) is 2.29. The number of nitrogens with zero attached hydrogens (tertiary/aromatic N) is 1. The first-order valence-electron chi connectivity index (χ1n) is 6.28. The lowest BCUT2D eigenvalue weighted by molar-refractivity contribution is 0.415. The number of hydrogen-bond donors (Lipinski definition) is 0. The second kappa shape index (κ2) is 4.73. The van der Waals surface area contributed by atoms with E-state index in [-0.39, 0.29) is 0 Å². The van der Waals surface area contributed by atoms with Crippen LogP contribution in [0.3, 0.4) is 0 Å². The van der Waals surface area contributed by atoms with Gasteiger partial charge < -0.3 is 4.74 Å². The van der Waals surface area contributed by atoms with E-state index in [0.29, 0.717) is 0 Å². The highest BCUT2D eigenvalue weighted by molar-refractivity contribution is 5.84. The molecule has 1 heterocycles. The second-order valence-electron chi connectivity index (χ2n) is 4.59. The van der Waals surface area contributed by atoms with Crippen LogP contribution in [0.5, 0.6) is 5.75 Å². The lowest BCUT2D eigenvalue weighted by atomic mass is 10.0. The molecule has 0 spiro atoms. The van der Waals surface area contributed by atoms with Crippen molar-refractivity contribution in [1.29, 1.82) is 0 Å². The van der Waals surface area contributed by atoms with Crippen LogP contribution in [0.1, 0.15) is 5.69 Å². The zero-order valence-corrected chi connectivity index (χ0v) is 11.1. The van der Waals surface area contributed by atoms with Crippen molar-refractivity contribution in [2.24, 2.45) is 0 Å². The van der Waals surface area contributed by atoms with Crippen LogP contribution in [-0.4, -0.2) is 12.1 Å². The SMILES string of the molecule is COc1cccc(-c2ccc3ccc(C)nc3c2)c1. The molecule has 3 rings (SSSR count). The summed E-state index contributed by atoms with van der Waals surface area (Å²) in [6, 6.07) is 18.6. The number of ether oxygens (including phenoxy) is 1. The van der Waals surface area contributed by atoms with Gasteiger partial charge in [0, 0.05) is 11.1 Å². The Morgan fingerprint density at radius 2 is 1.68 bits per heavy atom. The van der Waals surface area contributed by atoms with Crippen LogP contribution >= 0.6 is 0 Å². The van der Waals surface area contributed by atoms with E-state index >= 15 is 0 Å². The maximum Gasteiger partial charge on any atom is 0.119 e. The van der Waals surface area contributed by atoms with Crippen molar-refractivity contribution < 1.29 is 4.74 Å². The lowest BCUT2D eigenvalue weighted by Crippen LogP contribution is -1.86. The third-order valence-corrected chi connectivity index (χ3v) is 3.23. The molecule has 1 aromatic heterocycles. The highest BCUT2D eigenvalue weighted by Gasteiger charge is 2.02. The average molecular weight is 249 g/mol. The molecule has 0 atom stereocenters. The number of methoxy groups -OCH3 is 1. The van der Waals surface area contributed by atoms with Crippen molar-refractivity contribution in [2.75, 3.05) is 7.11 Å². The van der Waals surface area contributed by atoms with E-state index in [1.165, 1.54) is 0 Å². The predicted molar refractivity (Wildman–Crippen MR) is 78.5 cm³/mol. The van der Waals surface area contributed by atoms with Gasteiger partial charge in [-0.2, -0.15) is 0 Å². The number of aromatic nitrogens is 1. The van der Waals surface area contributed by atoms with Gasteiger partial charge in [0.1, 0.15) is 5.75 Å². The van der Waals surface area contributed by atoms with Gasteiger partial charge in [0.05, 0.1) is 12.6 Å². The van der Waals surface area contributed by atoms with Gasteiger partial charge in [-0.1, -0.05) is 30.3 Å². The molecule has 3 aromatic rings. The van der Waals surface area contributed by atoms with Gasteiger partial charge in [-0.05, 0) is 42.3 Å². The molecule has 0 aliphatic rings. The number of rotatable bonds is 2. The maximum absolute atomic E-state index is 5.27. The van der Waals surface area contributed by atoms with E-state index in [1.54, 1.807) is 7.11 Å². The van der Waals surface area contributed by atoms with E-state index in [0.717, 1.165) is 33.5 Å². The van der Waals surface area contributed by atoms with Crippen molar-refractivity contribution in [3.63, 3.8) is 0 Å².